The van der Waals surface area contributed by atoms with Crippen molar-refractivity contribution in [2.24, 2.45) is 0 Å². The van der Waals surface area contributed by atoms with E-state index in [0.29, 0.717) is 30.5 Å². The molecule has 1 amide bonds. The van der Waals surface area contributed by atoms with E-state index in [2.05, 4.69) is 36.4 Å². The minimum absolute atomic E-state index is 0.193. The van der Waals surface area contributed by atoms with Crippen LogP contribution in [0.4, 0.5) is 0 Å². The second-order valence-corrected chi connectivity index (χ2v) is 6.88. The van der Waals surface area contributed by atoms with Crippen LogP contribution in [0.15, 0.2) is 45.5 Å². The Morgan fingerprint density at radius 3 is 2.88 bits per heavy atom. The number of carbonyl (C=O) groups excluding carboxylic acids is 1. The van der Waals surface area contributed by atoms with Gasteiger partial charge in [0.15, 0.2) is 5.69 Å². The molecule has 25 heavy (non-hydrogen) atoms. The molecule has 0 bridgehead atoms. The fraction of sp³-hybridized carbons (Fsp3) is 0.278. The largest absolute Gasteiger partial charge is 0.444 e. The van der Waals surface area contributed by atoms with E-state index in [4.69, 9.17) is 4.42 Å². The number of rotatable bonds is 6. The molecular formula is C18H17BrN4O2. The smallest absolute Gasteiger partial charge is 0.272 e. The minimum Gasteiger partial charge on any atom is -0.444 e. The second kappa shape index (κ2) is 6.84. The molecule has 0 aliphatic heterocycles. The lowest BCUT2D eigenvalue weighted by Crippen LogP contribution is -2.26. The van der Waals surface area contributed by atoms with Crippen LogP contribution >= 0.6 is 15.9 Å². The molecule has 0 spiro atoms. The van der Waals surface area contributed by atoms with Crippen molar-refractivity contribution in [3.63, 3.8) is 0 Å². The molecule has 6 nitrogen and oxygen atoms in total. The first-order valence-corrected chi connectivity index (χ1v) is 9.03. The van der Waals surface area contributed by atoms with Gasteiger partial charge in [-0.1, -0.05) is 18.2 Å². The second-order valence-electron chi connectivity index (χ2n) is 6.09. The van der Waals surface area contributed by atoms with Gasteiger partial charge in [0.1, 0.15) is 6.26 Å². The summed E-state index contributed by atoms with van der Waals surface area (Å²) in [5.74, 6) is 0.905. The van der Waals surface area contributed by atoms with E-state index in [1.807, 2.05) is 30.3 Å². The van der Waals surface area contributed by atoms with E-state index in [9.17, 15) is 4.79 Å². The van der Waals surface area contributed by atoms with Crippen molar-refractivity contribution in [3.05, 3.63) is 58.1 Å². The summed E-state index contributed by atoms with van der Waals surface area (Å²) < 4.78 is 6.28. The van der Waals surface area contributed by atoms with E-state index < -0.39 is 0 Å². The van der Waals surface area contributed by atoms with Gasteiger partial charge in [0.2, 0.25) is 5.89 Å². The molecule has 2 heterocycles. The third-order valence-electron chi connectivity index (χ3n) is 4.17. The van der Waals surface area contributed by atoms with Crippen molar-refractivity contribution >= 4 is 21.8 Å². The number of nitrogens with one attached hydrogen (secondary N) is 2. The van der Waals surface area contributed by atoms with Crippen molar-refractivity contribution in [2.75, 3.05) is 6.54 Å². The highest BCUT2D eigenvalue weighted by atomic mass is 79.9. The predicted molar refractivity (Wildman–Crippen MR) is 96.2 cm³/mol. The van der Waals surface area contributed by atoms with Crippen molar-refractivity contribution in [1.29, 1.82) is 0 Å². The number of nitrogens with zero attached hydrogens (tertiary/aromatic N) is 2. The third-order valence-corrected chi connectivity index (χ3v) is 4.98. The fourth-order valence-electron chi connectivity index (χ4n) is 2.66. The molecule has 2 N–H and O–H groups in total. The summed E-state index contributed by atoms with van der Waals surface area (Å²) in [6.07, 6.45) is 4.53. The van der Waals surface area contributed by atoms with Crippen molar-refractivity contribution < 1.29 is 9.21 Å². The molecular weight excluding hydrogens is 384 g/mol. The van der Waals surface area contributed by atoms with Gasteiger partial charge in [-0.15, -0.1) is 0 Å². The minimum atomic E-state index is -0.193. The molecule has 0 saturated heterocycles. The van der Waals surface area contributed by atoms with Crippen LogP contribution in [0.25, 0.3) is 11.5 Å². The summed E-state index contributed by atoms with van der Waals surface area (Å²) in [6, 6.07) is 9.73. The maximum Gasteiger partial charge on any atom is 0.272 e. The van der Waals surface area contributed by atoms with Crippen LogP contribution in [0.2, 0.25) is 0 Å². The van der Waals surface area contributed by atoms with E-state index in [1.165, 1.54) is 0 Å². The molecule has 0 atom stereocenters. The first-order valence-electron chi connectivity index (χ1n) is 8.24. The van der Waals surface area contributed by atoms with Gasteiger partial charge in [0.25, 0.3) is 5.91 Å². The zero-order valence-corrected chi connectivity index (χ0v) is 15.0. The topological polar surface area (TPSA) is 83.8 Å². The summed E-state index contributed by atoms with van der Waals surface area (Å²) >= 11 is 3.48. The van der Waals surface area contributed by atoms with Gasteiger partial charge in [-0.2, -0.15) is 5.10 Å². The summed E-state index contributed by atoms with van der Waals surface area (Å²) in [6.45, 7) is 0.470. The van der Waals surface area contributed by atoms with Crippen LogP contribution < -0.4 is 5.32 Å². The third kappa shape index (κ3) is 3.51. The van der Waals surface area contributed by atoms with Crippen LogP contribution in [-0.2, 0) is 6.42 Å². The van der Waals surface area contributed by atoms with Crippen molar-refractivity contribution in [1.82, 2.24) is 20.5 Å². The van der Waals surface area contributed by atoms with Gasteiger partial charge >= 0.3 is 0 Å². The molecule has 7 heteroatoms. The average Bonchev–Trinajstić information content (AvgIpc) is 3.23. The van der Waals surface area contributed by atoms with Gasteiger partial charge < -0.3 is 9.73 Å². The molecule has 3 aromatic rings. The highest BCUT2D eigenvalue weighted by Gasteiger charge is 2.30. The van der Waals surface area contributed by atoms with Crippen LogP contribution in [0.3, 0.4) is 0 Å². The van der Waals surface area contributed by atoms with Crippen LogP contribution in [-0.4, -0.2) is 27.6 Å². The number of hydrogen-bond acceptors (Lipinski definition) is 4. The molecule has 128 valence electrons. The predicted octanol–water partition coefficient (Wildman–Crippen LogP) is 3.68. The summed E-state index contributed by atoms with van der Waals surface area (Å²) in [5.41, 5.74) is 3.17. The number of amides is 1. The van der Waals surface area contributed by atoms with Crippen molar-refractivity contribution in [2.45, 2.75) is 25.2 Å². The number of H-pyrrole nitrogens is 1. The molecule has 1 saturated carbocycles. The summed E-state index contributed by atoms with van der Waals surface area (Å²) in [7, 11) is 0. The maximum atomic E-state index is 12.3. The van der Waals surface area contributed by atoms with E-state index >= 15 is 0 Å². The Labute approximate surface area is 153 Å². The van der Waals surface area contributed by atoms with Gasteiger partial charge in [0, 0.05) is 24.4 Å². The summed E-state index contributed by atoms with van der Waals surface area (Å²) in [5, 5.41) is 9.97. The molecule has 2 aromatic heterocycles. The average molecular weight is 401 g/mol. The molecule has 1 fully saturated rings. The zero-order valence-electron chi connectivity index (χ0n) is 13.5. The molecule has 1 aliphatic rings. The van der Waals surface area contributed by atoms with E-state index in [0.717, 1.165) is 34.3 Å². The first kappa shape index (κ1) is 16.1. The van der Waals surface area contributed by atoms with Gasteiger partial charge in [0.05, 0.1) is 15.9 Å². The SMILES string of the molecule is O=C(NCCc1coc(-c2ccccc2)n1)c1n[nH]c(C2CC2)c1Br. The molecule has 4 rings (SSSR count). The van der Waals surface area contributed by atoms with Gasteiger partial charge in [-0.05, 0) is 40.9 Å². The molecule has 1 aromatic carbocycles. The Balaban J connectivity index is 1.33. The van der Waals surface area contributed by atoms with Crippen molar-refractivity contribution in [3.8, 4) is 11.5 Å². The fourth-order valence-corrected chi connectivity index (χ4v) is 3.34. The lowest BCUT2D eigenvalue weighted by atomic mass is 10.2. The first-order chi connectivity index (χ1) is 12.2. The Hall–Kier alpha value is -2.41. The lowest BCUT2D eigenvalue weighted by Gasteiger charge is -2.01. The zero-order chi connectivity index (χ0) is 17.2. The Kier molecular flexibility index (Phi) is 4.40. The number of benzene rings is 1. The summed E-state index contributed by atoms with van der Waals surface area (Å²) in [4.78, 5) is 16.7. The van der Waals surface area contributed by atoms with Gasteiger partial charge in [-0.25, -0.2) is 4.98 Å². The monoisotopic (exact) mass is 400 g/mol. The molecule has 0 radical (unpaired) electrons. The van der Waals surface area contributed by atoms with Gasteiger partial charge in [-0.3, -0.25) is 9.89 Å². The van der Waals surface area contributed by atoms with Crippen LogP contribution in [0, 0.1) is 0 Å². The number of oxazole rings is 1. The number of carbonyl (C=O) groups is 1. The Morgan fingerprint density at radius 1 is 1.32 bits per heavy atom. The van der Waals surface area contributed by atoms with Crippen LogP contribution in [0.1, 0.15) is 40.6 Å². The Bertz CT molecular complexity index is 884. The highest BCUT2D eigenvalue weighted by molar-refractivity contribution is 9.10. The molecule has 1 aliphatic carbocycles. The number of hydrogen-bond donors (Lipinski definition) is 2. The highest BCUT2D eigenvalue weighted by Crippen LogP contribution is 2.42. The number of halogens is 1. The standard InChI is InChI=1S/C18H17BrN4O2/c19-14-15(11-6-7-11)22-23-16(14)17(24)20-9-8-13-10-25-18(21-13)12-4-2-1-3-5-12/h1-5,10-11H,6-9H2,(H,20,24)(H,22,23). The lowest BCUT2D eigenvalue weighted by molar-refractivity contribution is 0.0948. The normalized spacial score (nSPS) is 13.8. The maximum absolute atomic E-state index is 12.3. The van der Waals surface area contributed by atoms with E-state index in [-0.39, 0.29) is 5.91 Å². The molecule has 0 unspecified atom stereocenters. The number of aromatic nitrogens is 3. The Morgan fingerprint density at radius 2 is 2.12 bits per heavy atom. The van der Waals surface area contributed by atoms with E-state index in [1.54, 1.807) is 6.26 Å². The van der Waals surface area contributed by atoms with Crippen LogP contribution in [0.5, 0.6) is 0 Å². The quantitative estimate of drug-likeness (QED) is 0.660. The number of aromatic amines is 1.